The fraction of sp³-hybridized carbons (Fsp3) is 0.417. The quantitative estimate of drug-likeness (QED) is 0.394. The van der Waals surface area contributed by atoms with E-state index in [2.05, 4.69) is 73.2 Å². The van der Waals surface area contributed by atoms with Crippen molar-refractivity contribution in [1.82, 2.24) is 5.43 Å². The maximum atomic E-state index is 12.0. The number of hydrogen-bond acceptors (Lipinski definition) is 4. The zero-order valence-electron chi connectivity index (χ0n) is 18.6. The van der Waals surface area contributed by atoms with Crippen molar-refractivity contribution in [2.75, 3.05) is 13.7 Å². The SMILES string of the molecule is COc1ccc(Br)cc1/C=N/NC(=O)COc1ccc(C(C)(C)CC(C)(C)C)cc1. The maximum Gasteiger partial charge on any atom is 0.277 e. The van der Waals surface area contributed by atoms with Crippen molar-refractivity contribution in [3.8, 4) is 11.5 Å². The van der Waals surface area contributed by atoms with Gasteiger partial charge >= 0.3 is 0 Å². The minimum Gasteiger partial charge on any atom is -0.496 e. The number of rotatable bonds is 8. The lowest BCUT2D eigenvalue weighted by molar-refractivity contribution is -0.123. The van der Waals surface area contributed by atoms with E-state index >= 15 is 0 Å². The Morgan fingerprint density at radius 1 is 1.10 bits per heavy atom. The first-order valence-electron chi connectivity index (χ1n) is 9.89. The minimum atomic E-state index is -0.336. The van der Waals surface area contributed by atoms with Gasteiger partial charge in [-0.1, -0.05) is 62.7 Å². The number of methoxy groups -OCH3 is 1. The van der Waals surface area contributed by atoms with Crippen molar-refractivity contribution >= 4 is 28.1 Å². The number of hydrogen-bond donors (Lipinski definition) is 1. The first-order valence-corrected chi connectivity index (χ1v) is 10.7. The van der Waals surface area contributed by atoms with Gasteiger partial charge < -0.3 is 9.47 Å². The van der Waals surface area contributed by atoms with Crippen LogP contribution in [0.2, 0.25) is 0 Å². The van der Waals surface area contributed by atoms with Crippen molar-refractivity contribution < 1.29 is 14.3 Å². The van der Waals surface area contributed by atoms with E-state index < -0.39 is 0 Å². The molecule has 0 saturated heterocycles. The molecule has 0 unspecified atom stereocenters. The normalized spacial score (nSPS) is 12.1. The van der Waals surface area contributed by atoms with Crippen LogP contribution in [0, 0.1) is 5.41 Å². The molecule has 1 N–H and O–H groups in total. The first-order chi connectivity index (χ1) is 14.0. The molecular formula is C24H31BrN2O3. The molecule has 0 bridgehead atoms. The van der Waals surface area contributed by atoms with Gasteiger partial charge in [-0.15, -0.1) is 0 Å². The summed E-state index contributed by atoms with van der Waals surface area (Å²) in [7, 11) is 1.59. The third-order valence-corrected chi connectivity index (χ3v) is 5.06. The Hall–Kier alpha value is -2.34. The van der Waals surface area contributed by atoms with E-state index in [0.29, 0.717) is 11.5 Å². The second-order valence-corrected chi connectivity index (χ2v) is 10.0. The molecule has 0 radical (unpaired) electrons. The summed E-state index contributed by atoms with van der Waals surface area (Å²) in [4.78, 5) is 12.0. The molecule has 0 atom stereocenters. The van der Waals surface area contributed by atoms with Gasteiger partial charge in [0.1, 0.15) is 11.5 Å². The number of ether oxygens (including phenoxy) is 2. The number of nitrogens with zero attached hydrogens (tertiary/aromatic N) is 1. The van der Waals surface area contributed by atoms with Crippen molar-refractivity contribution in [3.05, 3.63) is 58.1 Å². The van der Waals surface area contributed by atoms with Crippen LogP contribution in [0.15, 0.2) is 52.0 Å². The van der Waals surface area contributed by atoms with Crippen LogP contribution < -0.4 is 14.9 Å². The Morgan fingerprint density at radius 2 is 1.77 bits per heavy atom. The van der Waals surface area contributed by atoms with Gasteiger partial charge in [-0.3, -0.25) is 4.79 Å². The van der Waals surface area contributed by atoms with Crippen LogP contribution >= 0.6 is 15.9 Å². The number of carbonyl (C=O) groups is 1. The predicted octanol–water partition coefficient (Wildman–Crippen LogP) is 5.70. The number of nitrogens with one attached hydrogen (secondary N) is 1. The highest BCUT2D eigenvalue weighted by Gasteiger charge is 2.27. The van der Waals surface area contributed by atoms with Crippen LogP contribution in [0.4, 0.5) is 0 Å². The van der Waals surface area contributed by atoms with Crippen molar-refractivity contribution in [3.63, 3.8) is 0 Å². The molecule has 30 heavy (non-hydrogen) atoms. The van der Waals surface area contributed by atoms with Crippen molar-refractivity contribution in [2.24, 2.45) is 10.5 Å². The Morgan fingerprint density at radius 3 is 2.37 bits per heavy atom. The lowest BCUT2D eigenvalue weighted by Gasteiger charge is -2.33. The number of halogens is 1. The predicted molar refractivity (Wildman–Crippen MR) is 125 cm³/mol. The molecule has 0 fully saturated rings. The van der Waals surface area contributed by atoms with E-state index in [1.165, 1.54) is 11.8 Å². The van der Waals surface area contributed by atoms with Crippen LogP contribution in [-0.4, -0.2) is 25.8 Å². The molecule has 0 saturated carbocycles. The Kier molecular flexibility index (Phi) is 8.07. The van der Waals surface area contributed by atoms with E-state index in [9.17, 15) is 4.79 Å². The molecule has 0 spiro atoms. The average Bonchev–Trinajstić information content (AvgIpc) is 2.65. The third kappa shape index (κ3) is 7.48. The van der Waals surface area contributed by atoms with Crippen LogP contribution in [0.3, 0.4) is 0 Å². The summed E-state index contributed by atoms with van der Waals surface area (Å²) in [5, 5.41) is 3.98. The topological polar surface area (TPSA) is 59.9 Å². The Bertz CT molecular complexity index is 884. The second-order valence-electron chi connectivity index (χ2n) is 9.11. The van der Waals surface area contributed by atoms with Gasteiger partial charge in [-0.25, -0.2) is 5.43 Å². The molecule has 2 aromatic carbocycles. The molecule has 2 rings (SSSR count). The van der Waals surface area contributed by atoms with Crippen molar-refractivity contribution in [2.45, 2.75) is 46.5 Å². The van der Waals surface area contributed by atoms with Gasteiger partial charge in [0.25, 0.3) is 5.91 Å². The summed E-state index contributed by atoms with van der Waals surface area (Å²) >= 11 is 3.40. The van der Waals surface area contributed by atoms with E-state index in [1.807, 2.05) is 30.3 Å². The highest BCUT2D eigenvalue weighted by atomic mass is 79.9. The summed E-state index contributed by atoms with van der Waals surface area (Å²) in [6.45, 7) is 11.1. The van der Waals surface area contributed by atoms with Gasteiger partial charge in [0, 0.05) is 10.0 Å². The second kappa shape index (κ2) is 10.1. The van der Waals surface area contributed by atoms with Gasteiger partial charge in [-0.2, -0.15) is 5.10 Å². The Balaban J connectivity index is 1.89. The fourth-order valence-electron chi connectivity index (χ4n) is 3.59. The maximum absolute atomic E-state index is 12.0. The first kappa shape index (κ1) is 23.9. The molecule has 162 valence electrons. The van der Waals surface area contributed by atoms with Crippen LogP contribution in [0.5, 0.6) is 11.5 Å². The van der Waals surface area contributed by atoms with Gasteiger partial charge in [0.2, 0.25) is 0 Å². The van der Waals surface area contributed by atoms with E-state index in [0.717, 1.165) is 16.5 Å². The Labute approximate surface area is 188 Å². The third-order valence-electron chi connectivity index (χ3n) is 4.56. The van der Waals surface area contributed by atoms with Gasteiger partial charge in [-0.05, 0) is 53.1 Å². The molecule has 0 aliphatic carbocycles. The zero-order chi connectivity index (χ0) is 22.4. The summed E-state index contributed by atoms with van der Waals surface area (Å²) in [6.07, 6.45) is 2.61. The molecule has 1 amide bonds. The number of benzene rings is 2. The molecule has 0 aromatic heterocycles. The lowest BCUT2D eigenvalue weighted by Crippen LogP contribution is -2.25. The van der Waals surface area contributed by atoms with Crippen LogP contribution in [-0.2, 0) is 10.2 Å². The smallest absolute Gasteiger partial charge is 0.277 e. The molecule has 6 heteroatoms. The highest BCUT2D eigenvalue weighted by Crippen LogP contribution is 2.36. The molecule has 5 nitrogen and oxygen atoms in total. The standard InChI is InChI=1S/C24H31BrN2O3/c1-23(2,3)16-24(4,5)18-7-10-20(11-8-18)30-15-22(28)27-26-14-17-13-19(25)9-12-21(17)29-6/h7-14H,15-16H2,1-6H3,(H,27,28)/b26-14+. The number of hydrazone groups is 1. The summed E-state index contributed by atoms with van der Waals surface area (Å²) in [6, 6.07) is 13.5. The van der Waals surface area contributed by atoms with Gasteiger partial charge in [0.15, 0.2) is 6.61 Å². The lowest BCUT2D eigenvalue weighted by atomic mass is 9.72. The van der Waals surface area contributed by atoms with Crippen LogP contribution in [0.25, 0.3) is 0 Å². The molecular weight excluding hydrogens is 444 g/mol. The number of amides is 1. The van der Waals surface area contributed by atoms with Crippen molar-refractivity contribution in [1.29, 1.82) is 0 Å². The highest BCUT2D eigenvalue weighted by molar-refractivity contribution is 9.10. The average molecular weight is 475 g/mol. The minimum absolute atomic E-state index is 0.0658. The van der Waals surface area contributed by atoms with E-state index in [-0.39, 0.29) is 23.3 Å². The largest absolute Gasteiger partial charge is 0.496 e. The zero-order valence-corrected chi connectivity index (χ0v) is 20.2. The summed E-state index contributed by atoms with van der Waals surface area (Å²) in [5.74, 6) is 0.984. The van der Waals surface area contributed by atoms with Gasteiger partial charge in [0.05, 0.1) is 13.3 Å². The van der Waals surface area contributed by atoms with E-state index in [4.69, 9.17) is 9.47 Å². The summed E-state index contributed by atoms with van der Waals surface area (Å²) in [5.41, 5.74) is 4.78. The molecule has 0 aliphatic rings. The molecule has 0 heterocycles. The van der Waals surface area contributed by atoms with Crippen LogP contribution in [0.1, 0.15) is 52.2 Å². The molecule has 2 aromatic rings. The number of carbonyl (C=O) groups excluding carboxylic acids is 1. The van der Waals surface area contributed by atoms with E-state index in [1.54, 1.807) is 7.11 Å². The monoisotopic (exact) mass is 474 g/mol. The molecule has 0 aliphatic heterocycles. The fourth-order valence-corrected chi connectivity index (χ4v) is 3.97. The summed E-state index contributed by atoms with van der Waals surface area (Å²) < 4.78 is 11.8.